The predicted octanol–water partition coefficient (Wildman–Crippen LogP) is 2.80. The minimum Gasteiger partial charge on any atom is -0.483 e. The van der Waals surface area contributed by atoms with E-state index >= 15 is 0 Å². The van der Waals surface area contributed by atoms with Gasteiger partial charge in [-0.1, -0.05) is 29.8 Å². The fourth-order valence-electron chi connectivity index (χ4n) is 2.00. The Bertz CT molecular complexity index is 694. The average molecular weight is 333 g/mol. The number of halogens is 1. The first-order chi connectivity index (χ1) is 11.0. The van der Waals surface area contributed by atoms with E-state index in [1.165, 1.54) is 0 Å². The molecule has 0 radical (unpaired) electrons. The number of rotatable bonds is 4. The first kappa shape index (κ1) is 16.8. The summed E-state index contributed by atoms with van der Waals surface area (Å²) in [7, 11) is 0. The summed E-state index contributed by atoms with van der Waals surface area (Å²) in [5.74, 6) is -0.205. The number of nitrogens with one attached hydrogen (secondary N) is 2. The molecule has 2 rings (SSSR count). The van der Waals surface area contributed by atoms with E-state index in [1.807, 2.05) is 32.0 Å². The number of aryl methyl sites for hydroxylation is 2. The molecule has 120 valence electrons. The van der Waals surface area contributed by atoms with Gasteiger partial charge >= 0.3 is 0 Å². The fourth-order valence-corrected chi connectivity index (χ4v) is 2.13. The molecule has 23 heavy (non-hydrogen) atoms. The van der Waals surface area contributed by atoms with Gasteiger partial charge in [-0.2, -0.15) is 0 Å². The Morgan fingerprint density at radius 1 is 1.00 bits per heavy atom. The number of carbonyl (C=O) groups excluding carboxylic acids is 2. The molecule has 5 nitrogen and oxygen atoms in total. The molecule has 0 aliphatic heterocycles. The second-order valence-electron chi connectivity index (χ2n) is 5.02. The molecular formula is C17H17ClN2O3. The first-order valence-electron chi connectivity index (χ1n) is 7.01. The lowest BCUT2D eigenvalue weighted by atomic mass is 10.1. The fraction of sp³-hybridized carbons (Fsp3) is 0.176. The van der Waals surface area contributed by atoms with Crippen molar-refractivity contribution in [1.82, 2.24) is 10.9 Å². The van der Waals surface area contributed by atoms with Crippen molar-refractivity contribution < 1.29 is 14.3 Å². The summed E-state index contributed by atoms with van der Waals surface area (Å²) in [5, 5.41) is 0.535. The van der Waals surface area contributed by atoms with Gasteiger partial charge in [0, 0.05) is 10.6 Å². The van der Waals surface area contributed by atoms with Gasteiger partial charge in [0.25, 0.3) is 11.8 Å². The summed E-state index contributed by atoms with van der Waals surface area (Å²) in [4.78, 5) is 23.6. The van der Waals surface area contributed by atoms with E-state index in [4.69, 9.17) is 16.3 Å². The van der Waals surface area contributed by atoms with Crippen LogP contribution in [0.2, 0.25) is 5.02 Å². The third kappa shape index (κ3) is 4.72. The topological polar surface area (TPSA) is 67.4 Å². The van der Waals surface area contributed by atoms with Crippen LogP contribution in [0.25, 0.3) is 0 Å². The summed E-state index contributed by atoms with van der Waals surface area (Å²) in [6.45, 7) is 3.62. The zero-order chi connectivity index (χ0) is 16.8. The Kier molecular flexibility index (Phi) is 5.60. The van der Waals surface area contributed by atoms with E-state index < -0.39 is 11.8 Å². The van der Waals surface area contributed by atoms with Crippen LogP contribution in [0.4, 0.5) is 0 Å². The number of hydrogen-bond acceptors (Lipinski definition) is 3. The van der Waals surface area contributed by atoms with Crippen LogP contribution in [0, 0.1) is 13.8 Å². The van der Waals surface area contributed by atoms with Gasteiger partial charge in [0.05, 0.1) is 0 Å². The molecule has 0 aliphatic rings. The van der Waals surface area contributed by atoms with Gasteiger partial charge in [0.15, 0.2) is 6.61 Å². The van der Waals surface area contributed by atoms with Crippen molar-refractivity contribution in [3.05, 3.63) is 64.2 Å². The molecule has 2 aromatic rings. The van der Waals surface area contributed by atoms with Gasteiger partial charge in [0.2, 0.25) is 0 Å². The van der Waals surface area contributed by atoms with Crippen molar-refractivity contribution in [1.29, 1.82) is 0 Å². The van der Waals surface area contributed by atoms with Gasteiger partial charge in [-0.3, -0.25) is 20.4 Å². The number of para-hydroxylation sites is 1. The average Bonchev–Trinajstić information content (AvgIpc) is 2.53. The number of amides is 2. The number of hydrogen-bond donors (Lipinski definition) is 2. The van der Waals surface area contributed by atoms with Gasteiger partial charge in [0.1, 0.15) is 5.75 Å². The van der Waals surface area contributed by atoms with Crippen LogP contribution in [0.15, 0.2) is 42.5 Å². The van der Waals surface area contributed by atoms with E-state index in [0.29, 0.717) is 16.3 Å². The Labute approximate surface area is 139 Å². The molecule has 0 spiro atoms. The molecule has 2 N–H and O–H groups in total. The van der Waals surface area contributed by atoms with Gasteiger partial charge in [-0.25, -0.2) is 0 Å². The molecule has 0 saturated carbocycles. The second-order valence-corrected chi connectivity index (χ2v) is 5.46. The quantitative estimate of drug-likeness (QED) is 0.846. The molecule has 0 atom stereocenters. The molecule has 0 bridgehead atoms. The van der Waals surface area contributed by atoms with Crippen LogP contribution in [-0.2, 0) is 4.79 Å². The zero-order valence-electron chi connectivity index (χ0n) is 12.9. The largest absolute Gasteiger partial charge is 0.483 e. The highest BCUT2D eigenvalue weighted by Gasteiger charge is 2.09. The van der Waals surface area contributed by atoms with Gasteiger partial charge < -0.3 is 4.74 Å². The summed E-state index contributed by atoms with van der Waals surface area (Å²) < 4.78 is 5.50. The van der Waals surface area contributed by atoms with Crippen LogP contribution in [0.1, 0.15) is 21.5 Å². The summed E-state index contributed by atoms with van der Waals surface area (Å²) in [5.41, 5.74) is 6.92. The lowest BCUT2D eigenvalue weighted by molar-refractivity contribution is -0.123. The third-order valence-corrected chi connectivity index (χ3v) is 3.43. The molecule has 0 saturated heterocycles. The van der Waals surface area contributed by atoms with E-state index in [0.717, 1.165) is 11.1 Å². The van der Waals surface area contributed by atoms with Crippen LogP contribution < -0.4 is 15.6 Å². The van der Waals surface area contributed by atoms with Crippen LogP contribution in [-0.4, -0.2) is 18.4 Å². The van der Waals surface area contributed by atoms with Crippen molar-refractivity contribution in [2.24, 2.45) is 0 Å². The van der Waals surface area contributed by atoms with E-state index in [9.17, 15) is 9.59 Å². The zero-order valence-corrected chi connectivity index (χ0v) is 13.6. The van der Waals surface area contributed by atoms with Crippen molar-refractivity contribution in [2.75, 3.05) is 6.61 Å². The molecule has 0 aromatic heterocycles. The highest BCUT2D eigenvalue weighted by atomic mass is 35.5. The van der Waals surface area contributed by atoms with Crippen molar-refractivity contribution in [3.63, 3.8) is 0 Å². The molecule has 2 amide bonds. The maximum atomic E-state index is 11.8. The maximum Gasteiger partial charge on any atom is 0.276 e. The van der Waals surface area contributed by atoms with Gasteiger partial charge in [-0.05, 0) is 49.2 Å². The molecule has 0 fully saturated rings. The third-order valence-electron chi connectivity index (χ3n) is 3.18. The van der Waals surface area contributed by atoms with Crippen molar-refractivity contribution >= 4 is 23.4 Å². The van der Waals surface area contributed by atoms with Crippen molar-refractivity contribution in [3.8, 4) is 5.75 Å². The summed E-state index contributed by atoms with van der Waals surface area (Å²) in [6.07, 6.45) is 0. The molecule has 0 aliphatic carbocycles. The SMILES string of the molecule is Cc1cccc(C)c1OCC(=O)NNC(=O)c1ccc(Cl)cc1. The van der Waals surface area contributed by atoms with E-state index in [2.05, 4.69) is 10.9 Å². The molecular weight excluding hydrogens is 316 g/mol. The van der Waals surface area contributed by atoms with Crippen LogP contribution in [0.3, 0.4) is 0 Å². The number of benzene rings is 2. The Morgan fingerprint density at radius 3 is 2.22 bits per heavy atom. The van der Waals surface area contributed by atoms with E-state index in [1.54, 1.807) is 24.3 Å². The van der Waals surface area contributed by atoms with Crippen LogP contribution >= 0.6 is 11.6 Å². The predicted molar refractivity (Wildman–Crippen MR) is 88.5 cm³/mol. The lowest BCUT2D eigenvalue weighted by Gasteiger charge is -2.12. The molecule has 0 heterocycles. The Balaban J connectivity index is 1.83. The molecule has 6 heteroatoms. The highest BCUT2D eigenvalue weighted by Crippen LogP contribution is 2.21. The monoisotopic (exact) mass is 332 g/mol. The van der Waals surface area contributed by atoms with E-state index in [-0.39, 0.29) is 6.61 Å². The number of carbonyl (C=O) groups is 2. The Morgan fingerprint density at radius 2 is 1.61 bits per heavy atom. The van der Waals surface area contributed by atoms with Crippen LogP contribution in [0.5, 0.6) is 5.75 Å². The molecule has 0 unspecified atom stereocenters. The highest BCUT2D eigenvalue weighted by molar-refractivity contribution is 6.30. The molecule has 2 aromatic carbocycles. The van der Waals surface area contributed by atoms with Crippen molar-refractivity contribution in [2.45, 2.75) is 13.8 Å². The normalized spacial score (nSPS) is 10.0. The summed E-state index contributed by atoms with van der Waals surface area (Å²) >= 11 is 5.75. The first-order valence-corrected chi connectivity index (χ1v) is 7.39. The minimum atomic E-state index is -0.449. The maximum absolute atomic E-state index is 11.8. The Hall–Kier alpha value is -2.53. The smallest absolute Gasteiger partial charge is 0.276 e. The van der Waals surface area contributed by atoms with Gasteiger partial charge in [-0.15, -0.1) is 0 Å². The lowest BCUT2D eigenvalue weighted by Crippen LogP contribution is -2.43. The minimum absolute atomic E-state index is 0.188. The number of ether oxygens (including phenoxy) is 1. The number of hydrazine groups is 1. The standard InChI is InChI=1S/C17H17ClN2O3/c1-11-4-3-5-12(2)16(11)23-10-15(21)19-20-17(22)13-6-8-14(18)9-7-13/h3-9H,10H2,1-2H3,(H,19,21)(H,20,22). The second kappa shape index (κ2) is 7.65. The summed E-state index contributed by atoms with van der Waals surface area (Å²) in [6, 6.07) is 12.1.